The summed E-state index contributed by atoms with van der Waals surface area (Å²) in [5, 5.41) is 5.92. The van der Waals surface area contributed by atoms with E-state index in [1.54, 1.807) is 12.3 Å². The van der Waals surface area contributed by atoms with Crippen molar-refractivity contribution >= 4 is 33.6 Å². The lowest BCUT2D eigenvalue weighted by Crippen LogP contribution is -2.51. The average Bonchev–Trinajstić information content (AvgIpc) is 3.40. The van der Waals surface area contributed by atoms with Crippen LogP contribution < -0.4 is 10.6 Å². The number of halogens is 1. The Bertz CT molecular complexity index is 603. The number of likely N-dealkylation sites (tertiary alicyclic amines) is 1. The molecule has 7 heteroatoms. The van der Waals surface area contributed by atoms with E-state index in [1.165, 1.54) is 0 Å². The van der Waals surface area contributed by atoms with Crippen LogP contribution in [-0.2, 0) is 9.59 Å². The zero-order chi connectivity index (χ0) is 17.1. The van der Waals surface area contributed by atoms with Crippen molar-refractivity contribution in [2.75, 3.05) is 18.4 Å². The Morgan fingerprint density at radius 1 is 1.33 bits per heavy atom. The number of nitrogens with one attached hydrogen (secondary N) is 2. The fourth-order valence-corrected chi connectivity index (χ4v) is 3.20. The third-order valence-electron chi connectivity index (χ3n) is 4.65. The van der Waals surface area contributed by atoms with Crippen LogP contribution in [0.3, 0.4) is 0 Å². The van der Waals surface area contributed by atoms with Crippen LogP contribution in [0.25, 0.3) is 0 Å². The second kappa shape index (κ2) is 7.61. The third-order valence-corrected chi connectivity index (χ3v) is 5.12. The van der Waals surface area contributed by atoms with Crippen LogP contribution >= 0.6 is 15.9 Å². The number of nitrogens with zero attached hydrogens (tertiary/aromatic N) is 2. The highest BCUT2D eigenvalue weighted by Gasteiger charge is 2.33. The first-order valence-corrected chi connectivity index (χ1v) is 9.29. The number of carbonyl (C=O) groups is 2. The Morgan fingerprint density at radius 3 is 2.79 bits per heavy atom. The molecule has 6 nitrogen and oxygen atoms in total. The Balaban J connectivity index is 1.54. The second-order valence-corrected chi connectivity index (χ2v) is 7.56. The van der Waals surface area contributed by atoms with Gasteiger partial charge in [0.25, 0.3) is 0 Å². The zero-order valence-electron chi connectivity index (χ0n) is 13.8. The summed E-state index contributed by atoms with van der Waals surface area (Å²) in [6.45, 7) is 3.40. The van der Waals surface area contributed by atoms with Crippen molar-refractivity contribution in [1.82, 2.24) is 15.2 Å². The molecule has 1 aromatic rings. The normalized spacial score (nSPS) is 22.7. The summed E-state index contributed by atoms with van der Waals surface area (Å²) in [4.78, 5) is 31.0. The van der Waals surface area contributed by atoms with Gasteiger partial charge in [-0.05, 0) is 67.2 Å². The van der Waals surface area contributed by atoms with E-state index < -0.39 is 0 Å². The molecule has 130 valence electrons. The summed E-state index contributed by atoms with van der Waals surface area (Å²) >= 11 is 3.33. The van der Waals surface area contributed by atoms with Crippen LogP contribution in [0.15, 0.2) is 22.8 Å². The summed E-state index contributed by atoms with van der Waals surface area (Å²) in [5.41, 5.74) is 0. The zero-order valence-corrected chi connectivity index (χ0v) is 15.4. The molecule has 2 aliphatic rings. The van der Waals surface area contributed by atoms with Gasteiger partial charge in [-0.3, -0.25) is 14.5 Å². The molecule has 1 saturated carbocycles. The average molecular weight is 395 g/mol. The Morgan fingerprint density at radius 2 is 2.12 bits per heavy atom. The Kier molecular flexibility index (Phi) is 5.50. The molecule has 0 spiro atoms. The van der Waals surface area contributed by atoms with Crippen molar-refractivity contribution in [1.29, 1.82) is 0 Å². The van der Waals surface area contributed by atoms with Gasteiger partial charge in [0.15, 0.2) is 0 Å². The van der Waals surface area contributed by atoms with Gasteiger partial charge in [-0.15, -0.1) is 0 Å². The van der Waals surface area contributed by atoms with Gasteiger partial charge < -0.3 is 10.6 Å². The van der Waals surface area contributed by atoms with Gasteiger partial charge in [-0.2, -0.15) is 0 Å². The third kappa shape index (κ3) is 4.54. The molecular formula is C17H23BrN4O2. The molecular weight excluding hydrogens is 372 g/mol. The molecule has 1 saturated heterocycles. The minimum Gasteiger partial charge on any atom is -0.352 e. The maximum Gasteiger partial charge on any atom is 0.237 e. The minimum atomic E-state index is -0.188. The molecule has 2 N–H and O–H groups in total. The number of aromatic nitrogens is 1. The van der Waals surface area contributed by atoms with Crippen molar-refractivity contribution < 1.29 is 9.59 Å². The number of anilines is 1. The highest BCUT2D eigenvalue weighted by atomic mass is 79.9. The van der Waals surface area contributed by atoms with Crippen LogP contribution in [0, 0.1) is 5.92 Å². The summed E-state index contributed by atoms with van der Waals surface area (Å²) in [6, 6.07) is 3.80. The van der Waals surface area contributed by atoms with E-state index in [4.69, 9.17) is 0 Å². The maximum atomic E-state index is 12.5. The summed E-state index contributed by atoms with van der Waals surface area (Å²) in [7, 11) is 0. The van der Waals surface area contributed by atoms with E-state index in [9.17, 15) is 9.59 Å². The van der Waals surface area contributed by atoms with Crippen molar-refractivity contribution in [3.63, 3.8) is 0 Å². The first-order valence-electron chi connectivity index (χ1n) is 8.50. The Labute approximate surface area is 150 Å². The van der Waals surface area contributed by atoms with Crippen LogP contribution in [0.5, 0.6) is 0 Å². The van der Waals surface area contributed by atoms with Gasteiger partial charge in [0.1, 0.15) is 5.82 Å². The van der Waals surface area contributed by atoms with Crippen molar-refractivity contribution in [2.24, 2.45) is 5.92 Å². The van der Waals surface area contributed by atoms with Gasteiger partial charge >= 0.3 is 0 Å². The first kappa shape index (κ1) is 17.4. The summed E-state index contributed by atoms with van der Waals surface area (Å²) in [5.74, 6) is 0.498. The van der Waals surface area contributed by atoms with Gasteiger partial charge in [-0.25, -0.2) is 4.98 Å². The maximum absolute atomic E-state index is 12.5. The quantitative estimate of drug-likeness (QED) is 0.802. The molecule has 1 aliphatic heterocycles. The van der Waals surface area contributed by atoms with Crippen LogP contribution in [-0.4, -0.2) is 46.9 Å². The molecule has 2 atom stereocenters. The number of hydrogen-bond acceptors (Lipinski definition) is 4. The number of rotatable bonds is 5. The van der Waals surface area contributed by atoms with Crippen LogP contribution in [0.1, 0.15) is 32.6 Å². The van der Waals surface area contributed by atoms with Crippen molar-refractivity contribution in [2.45, 2.75) is 44.7 Å². The van der Waals surface area contributed by atoms with Gasteiger partial charge in [0, 0.05) is 23.3 Å². The van der Waals surface area contributed by atoms with Crippen LogP contribution in [0.4, 0.5) is 5.82 Å². The topological polar surface area (TPSA) is 74.3 Å². The van der Waals surface area contributed by atoms with E-state index in [0.29, 0.717) is 18.4 Å². The predicted octanol–water partition coefficient (Wildman–Crippen LogP) is 2.16. The van der Waals surface area contributed by atoms with Gasteiger partial charge in [-0.1, -0.05) is 0 Å². The van der Waals surface area contributed by atoms with E-state index in [-0.39, 0.29) is 23.8 Å². The molecule has 1 aliphatic carbocycles. The fraction of sp³-hybridized carbons (Fsp3) is 0.588. The molecule has 2 amide bonds. The number of hydrogen-bond donors (Lipinski definition) is 2. The lowest BCUT2D eigenvalue weighted by Gasteiger charge is -2.35. The number of pyridine rings is 1. The molecule has 3 rings (SSSR count). The summed E-state index contributed by atoms with van der Waals surface area (Å²) < 4.78 is 0.875. The lowest BCUT2D eigenvalue weighted by molar-refractivity contribution is -0.129. The molecule has 2 heterocycles. The van der Waals surface area contributed by atoms with E-state index in [2.05, 4.69) is 36.4 Å². The SMILES string of the molecule is C[C@H](C(=O)NC1CC1)N1CCC[C@H](C(=O)Nc2ccc(Br)cn2)C1. The number of carbonyl (C=O) groups excluding carboxylic acids is 2. The van der Waals surface area contributed by atoms with E-state index in [0.717, 1.165) is 36.7 Å². The Hall–Kier alpha value is -1.47. The number of piperidine rings is 1. The van der Waals surface area contributed by atoms with E-state index in [1.807, 2.05) is 13.0 Å². The smallest absolute Gasteiger partial charge is 0.237 e. The highest BCUT2D eigenvalue weighted by molar-refractivity contribution is 9.10. The highest BCUT2D eigenvalue weighted by Crippen LogP contribution is 2.22. The molecule has 0 aromatic carbocycles. The molecule has 24 heavy (non-hydrogen) atoms. The predicted molar refractivity (Wildman–Crippen MR) is 95.5 cm³/mol. The van der Waals surface area contributed by atoms with Crippen molar-refractivity contribution in [3.8, 4) is 0 Å². The molecule has 1 aromatic heterocycles. The van der Waals surface area contributed by atoms with E-state index >= 15 is 0 Å². The molecule has 0 unspecified atom stereocenters. The fourth-order valence-electron chi connectivity index (χ4n) is 2.97. The standard InChI is InChI=1S/C17H23BrN4O2/c1-11(16(23)20-14-5-6-14)22-8-2-3-12(10-22)17(24)21-15-7-4-13(18)9-19-15/h4,7,9,11-12,14H,2-3,5-6,8,10H2,1H3,(H,20,23)(H,19,21,24)/t11-,12+/m1/s1. The van der Waals surface area contributed by atoms with Gasteiger partial charge in [0.05, 0.1) is 12.0 Å². The largest absolute Gasteiger partial charge is 0.352 e. The van der Waals surface area contributed by atoms with Crippen LogP contribution in [0.2, 0.25) is 0 Å². The number of amides is 2. The lowest BCUT2D eigenvalue weighted by atomic mass is 9.96. The molecule has 2 fully saturated rings. The monoisotopic (exact) mass is 394 g/mol. The molecule has 0 radical (unpaired) electrons. The second-order valence-electron chi connectivity index (χ2n) is 6.64. The van der Waals surface area contributed by atoms with Crippen molar-refractivity contribution in [3.05, 3.63) is 22.8 Å². The first-order chi connectivity index (χ1) is 11.5. The summed E-state index contributed by atoms with van der Waals surface area (Å²) in [6.07, 6.45) is 5.60. The van der Waals surface area contributed by atoms with Gasteiger partial charge in [0.2, 0.25) is 11.8 Å². The molecule has 0 bridgehead atoms. The minimum absolute atomic E-state index is 0.0238.